The van der Waals surface area contributed by atoms with Crippen LogP contribution in [-0.4, -0.2) is 20.3 Å². The summed E-state index contributed by atoms with van der Waals surface area (Å²) in [6.07, 6.45) is 1.80. The first-order valence-corrected chi connectivity index (χ1v) is 8.39. The first-order chi connectivity index (χ1) is 7.47. The van der Waals surface area contributed by atoms with Gasteiger partial charge < -0.3 is 0 Å². The zero-order valence-electron chi connectivity index (χ0n) is 8.32. The van der Waals surface area contributed by atoms with Crippen LogP contribution in [0.5, 0.6) is 0 Å². The summed E-state index contributed by atoms with van der Waals surface area (Å²) in [6, 6.07) is 3.33. The molecule has 90 valence electrons. The SMILES string of the molecule is O=S(=O)(NCC1CC(Cl)C1)c1ccc(Br)s1. The molecule has 7 heteroatoms. The number of halogens is 2. The first-order valence-electron chi connectivity index (χ1n) is 4.86. The highest BCUT2D eigenvalue weighted by atomic mass is 79.9. The second kappa shape index (κ2) is 4.94. The van der Waals surface area contributed by atoms with Gasteiger partial charge in [-0.15, -0.1) is 22.9 Å². The van der Waals surface area contributed by atoms with E-state index in [2.05, 4.69) is 20.7 Å². The fourth-order valence-corrected chi connectivity index (χ4v) is 5.24. The topological polar surface area (TPSA) is 46.2 Å². The van der Waals surface area contributed by atoms with E-state index >= 15 is 0 Å². The molecule has 1 aromatic rings. The molecule has 16 heavy (non-hydrogen) atoms. The average molecular weight is 345 g/mol. The molecule has 1 aliphatic rings. The van der Waals surface area contributed by atoms with E-state index in [0.717, 1.165) is 16.6 Å². The number of thiophene rings is 1. The second-order valence-electron chi connectivity index (χ2n) is 3.85. The van der Waals surface area contributed by atoms with E-state index in [0.29, 0.717) is 16.7 Å². The highest BCUT2D eigenvalue weighted by molar-refractivity contribution is 9.11. The molecular weight excluding hydrogens is 334 g/mol. The van der Waals surface area contributed by atoms with Crippen LogP contribution in [0.15, 0.2) is 20.1 Å². The molecule has 0 spiro atoms. The predicted octanol–water partition coefficient (Wildman–Crippen LogP) is 2.81. The van der Waals surface area contributed by atoms with Crippen LogP contribution in [0.1, 0.15) is 12.8 Å². The molecule has 3 nitrogen and oxygen atoms in total. The minimum atomic E-state index is -3.33. The Bertz CT molecular complexity index is 468. The number of nitrogens with one attached hydrogen (secondary N) is 1. The van der Waals surface area contributed by atoms with Gasteiger partial charge in [-0.05, 0) is 46.8 Å². The average Bonchev–Trinajstić information content (AvgIpc) is 2.58. The van der Waals surface area contributed by atoms with Gasteiger partial charge in [0.25, 0.3) is 0 Å². The second-order valence-corrected chi connectivity index (χ2v) is 8.92. The Balaban J connectivity index is 1.93. The van der Waals surface area contributed by atoms with Gasteiger partial charge in [-0.2, -0.15) is 0 Å². The maximum absolute atomic E-state index is 11.8. The Morgan fingerprint density at radius 1 is 1.50 bits per heavy atom. The molecule has 0 bridgehead atoms. The van der Waals surface area contributed by atoms with E-state index in [-0.39, 0.29) is 5.38 Å². The van der Waals surface area contributed by atoms with Crippen LogP contribution in [0.3, 0.4) is 0 Å². The van der Waals surface area contributed by atoms with Crippen LogP contribution in [-0.2, 0) is 10.0 Å². The molecule has 0 amide bonds. The van der Waals surface area contributed by atoms with Crippen LogP contribution in [0.4, 0.5) is 0 Å². The molecule has 0 unspecified atom stereocenters. The number of alkyl halides is 1. The van der Waals surface area contributed by atoms with Crippen LogP contribution in [0.2, 0.25) is 0 Å². The molecule has 0 aromatic carbocycles. The summed E-state index contributed by atoms with van der Waals surface area (Å²) in [6.45, 7) is 0.487. The van der Waals surface area contributed by atoms with Crippen molar-refractivity contribution in [2.45, 2.75) is 22.4 Å². The molecule has 1 aromatic heterocycles. The lowest BCUT2D eigenvalue weighted by Crippen LogP contribution is -2.36. The molecule has 0 saturated heterocycles. The lowest BCUT2D eigenvalue weighted by molar-refractivity contribution is 0.324. The summed E-state index contributed by atoms with van der Waals surface area (Å²) in [5, 5.41) is 0.227. The monoisotopic (exact) mass is 343 g/mol. The number of rotatable bonds is 4. The predicted molar refractivity (Wildman–Crippen MR) is 69.6 cm³/mol. The summed E-state index contributed by atoms with van der Waals surface area (Å²) >= 11 is 10.3. The van der Waals surface area contributed by atoms with Crippen molar-refractivity contribution < 1.29 is 8.42 Å². The van der Waals surface area contributed by atoms with Gasteiger partial charge in [0, 0.05) is 11.9 Å². The normalized spacial score (nSPS) is 25.4. The van der Waals surface area contributed by atoms with Crippen molar-refractivity contribution in [2.24, 2.45) is 5.92 Å². The van der Waals surface area contributed by atoms with Crippen molar-refractivity contribution in [2.75, 3.05) is 6.54 Å². The minimum Gasteiger partial charge on any atom is -0.210 e. The Morgan fingerprint density at radius 3 is 2.69 bits per heavy atom. The lowest BCUT2D eigenvalue weighted by Gasteiger charge is -2.30. The summed E-state index contributed by atoms with van der Waals surface area (Å²) < 4.78 is 27.4. The third kappa shape index (κ3) is 2.98. The fraction of sp³-hybridized carbons (Fsp3) is 0.556. The van der Waals surface area contributed by atoms with Crippen molar-refractivity contribution in [1.29, 1.82) is 0 Å². The Hall–Kier alpha value is 0.380. The van der Waals surface area contributed by atoms with Crippen molar-refractivity contribution in [1.82, 2.24) is 4.72 Å². The standard InChI is InChI=1S/C9H11BrClNO2S2/c10-8-1-2-9(15-8)16(13,14)12-5-6-3-7(11)4-6/h1-2,6-7,12H,3-5H2. The van der Waals surface area contributed by atoms with Crippen LogP contribution >= 0.6 is 38.9 Å². The molecule has 2 rings (SSSR count). The highest BCUT2D eigenvalue weighted by Gasteiger charge is 2.28. The van der Waals surface area contributed by atoms with Crippen molar-refractivity contribution >= 4 is 48.9 Å². The number of hydrogen-bond donors (Lipinski definition) is 1. The lowest BCUT2D eigenvalue weighted by atomic mass is 9.85. The van der Waals surface area contributed by atoms with Gasteiger partial charge in [0.2, 0.25) is 10.0 Å². The molecular formula is C9H11BrClNO2S2. The van der Waals surface area contributed by atoms with Crippen LogP contribution in [0, 0.1) is 5.92 Å². The first kappa shape index (κ1) is 12.8. The van der Waals surface area contributed by atoms with Crippen molar-refractivity contribution in [3.05, 3.63) is 15.9 Å². The molecule has 0 radical (unpaired) electrons. The largest absolute Gasteiger partial charge is 0.250 e. The van der Waals surface area contributed by atoms with E-state index in [9.17, 15) is 8.42 Å². The molecule has 0 aliphatic heterocycles. The summed E-state index contributed by atoms with van der Waals surface area (Å²) in [5.41, 5.74) is 0. The van der Waals surface area contributed by atoms with Crippen LogP contribution < -0.4 is 4.72 Å². The van der Waals surface area contributed by atoms with E-state index in [4.69, 9.17) is 11.6 Å². The van der Waals surface area contributed by atoms with Gasteiger partial charge in [0.05, 0.1) is 3.79 Å². The Morgan fingerprint density at radius 2 is 2.19 bits per heavy atom. The number of sulfonamides is 1. The van der Waals surface area contributed by atoms with E-state index in [1.54, 1.807) is 12.1 Å². The van der Waals surface area contributed by atoms with E-state index < -0.39 is 10.0 Å². The van der Waals surface area contributed by atoms with Crippen LogP contribution in [0.25, 0.3) is 0 Å². The zero-order chi connectivity index (χ0) is 11.8. The van der Waals surface area contributed by atoms with Gasteiger partial charge in [0.1, 0.15) is 4.21 Å². The molecule has 1 heterocycles. The van der Waals surface area contributed by atoms with Gasteiger partial charge in [0.15, 0.2) is 0 Å². The third-order valence-corrected chi connectivity index (χ3v) is 6.45. The highest BCUT2D eigenvalue weighted by Crippen LogP contribution is 2.32. The van der Waals surface area contributed by atoms with Gasteiger partial charge in [-0.3, -0.25) is 0 Å². The summed E-state index contributed by atoms with van der Waals surface area (Å²) in [5.74, 6) is 0.390. The number of hydrogen-bond acceptors (Lipinski definition) is 3. The maximum atomic E-state index is 11.8. The summed E-state index contributed by atoms with van der Waals surface area (Å²) in [7, 11) is -3.33. The van der Waals surface area contributed by atoms with Crippen molar-refractivity contribution in [3.8, 4) is 0 Å². The zero-order valence-corrected chi connectivity index (χ0v) is 12.3. The Labute approximate surface area is 112 Å². The quantitative estimate of drug-likeness (QED) is 0.854. The maximum Gasteiger partial charge on any atom is 0.250 e. The van der Waals surface area contributed by atoms with Gasteiger partial charge in [-0.1, -0.05) is 0 Å². The van der Waals surface area contributed by atoms with E-state index in [1.165, 1.54) is 11.3 Å². The van der Waals surface area contributed by atoms with Gasteiger partial charge >= 0.3 is 0 Å². The van der Waals surface area contributed by atoms with Crippen molar-refractivity contribution in [3.63, 3.8) is 0 Å². The molecule has 1 aliphatic carbocycles. The third-order valence-electron chi connectivity index (χ3n) is 2.55. The van der Waals surface area contributed by atoms with E-state index in [1.807, 2.05) is 0 Å². The fourth-order valence-electron chi connectivity index (χ4n) is 1.56. The molecule has 1 fully saturated rings. The molecule has 0 atom stereocenters. The Kier molecular flexibility index (Phi) is 3.96. The molecule has 1 saturated carbocycles. The van der Waals surface area contributed by atoms with Gasteiger partial charge in [-0.25, -0.2) is 13.1 Å². The smallest absolute Gasteiger partial charge is 0.210 e. The minimum absolute atomic E-state index is 0.227. The molecule has 1 N–H and O–H groups in total. The summed E-state index contributed by atoms with van der Waals surface area (Å²) in [4.78, 5) is 0.